The lowest BCUT2D eigenvalue weighted by molar-refractivity contribution is 0.0378. The van der Waals surface area contributed by atoms with Crippen molar-refractivity contribution < 1.29 is 4.74 Å². The zero-order chi connectivity index (χ0) is 20.3. The number of morpholine rings is 1. The molecular formula is C18H27ClN6O3. The summed E-state index contributed by atoms with van der Waals surface area (Å²) in [6.07, 6.45) is 2.75. The van der Waals surface area contributed by atoms with E-state index in [1.165, 1.54) is 11.6 Å². The number of nitrogens with zero attached hydrogens (tertiary/aromatic N) is 5. The van der Waals surface area contributed by atoms with Gasteiger partial charge in [0.05, 0.1) is 13.2 Å². The van der Waals surface area contributed by atoms with E-state index in [1.54, 1.807) is 18.5 Å². The molecule has 0 saturated carbocycles. The van der Waals surface area contributed by atoms with Gasteiger partial charge in [-0.3, -0.25) is 18.8 Å². The molecule has 0 radical (unpaired) electrons. The van der Waals surface area contributed by atoms with Gasteiger partial charge in [-0.1, -0.05) is 17.7 Å². The van der Waals surface area contributed by atoms with E-state index in [0.29, 0.717) is 35.2 Å². The van der Waals surface area contributed by atoms with Gasteiger partial charge in [0.25, 0.3) is 5.56 Å². The van der Waals surface area contributed by atoms with E-state index in [1.807, 2.05) is 6.08 Å². The fraction of sp³-hybridized carbons (Fsp3) is 0.611. The van der Waals surface area contributed by atoms with Crippen LogP contribution in [0.15, 0.2) is 20.7 Å². The predicted molar refractivity (Wildman–Crippen MR) is 110 cm³/mol. The Morgan fingerprint density at radius 3 is 2.64 bits per heavy atom. The molecule has 10 heteroatoms. The molecule has 0 spiro atoms. The van der Waals surface area contributed by atoms with E-state index in [2.05, 4.69) is 15.2 Å². The van der Waals surface area contributed by atoms with Crippen LogP contribution >= 0.6 is 11.6 Å². The van der Waals surface area contributed by atoms with Gasteiger partial charge in [0, 0.05) is 45.3 Å². The second-order valence-electron chi connectivity index (χ2n) is 6.95. The molecule has 3 heterocycles. The highest BCUT2D eigenvalue weighted by molar-refractivity contribution is 6.29. The van der Waals surface area contributed by atoms with Crippen molar-refractivity contribution in [2.45, 2.75) is 19.9 Å². The molecule has 28 heavy (non-hydrogen) atoms. The lowest BCUT2D eigenvalue weighted by atomic mass is 10.3. The van der Waals surface area contributed by atoms with Crippen molar-refractivity contribution in [2.24, 2.45) is 14.1 Å². The molecule has 3 rings (SSSR count). The van der Waals surface area contributed by atoms with Gasteiger partial charge in [0.2, 0.25) is 5.95 Å². The Morgan fingerprint density at radius 1 is 1.25 bits per heavy atom. The Kier molecular flexibility index (Phi) is 6.58. The number of hydrogen-bond acceptors (Lipinski definition) is 6. The Morgan fingerprint density at radius 2 is 1.96 bits per heavy atom. The third kappa shape index (κ3) is 4.31. The molecule has 1 aliphatic rings. The van der Waals surface area contributed by atoms with E-state index in [0.717, 1.165) is 43.8 Å². The Hall–Kier alpha value is -2.10. The van der Waals surface area contributed by atoms with Crippen LogP contribution in [-0.4, -0.2) is 63.0 Å². The third-order valence-electron chi connectivity index (χ3n) is 4.94. The minimum absolute atomic E-state index is 0.365. The number of allylic oxidation sites excluding steroid dienone is 2. The van der Waals surface area contributed by atoms with Gasteiger partial charge >= 0.3 is 5.69 Å². The minimum atomic E-state index is -0.398. The van der Waals surface area contributed by atoms with Gasteiger partial charge in [-0.25, -0.2) is 4.79 Å². The molecule has 1 fully saturated rings. The lowest BCUT2D eigenvalue weighted by Gasteiger charge is -2.26. The van der Waals surface area contributed by atoms with Crippen LogP contribution < -0.4 is 16.6 Å². The second-order valence-corrected chi connectivity index (χ2v) is 7.55. The standard InChI is InChI=1S/C18H27ClN6O3/c1-13(19)5-8-25-14-15(22(2)18(27)23(3)16(14)26)21-17(25)20-6-4-7-24-9-11-28-12-10-24/h5H,4,6-12H2,1-3H3,(H,20,21). The summed E-state index contributed by atoms with van der Waals surface area (Å²) in [4.78, 5) is 31.8. The van der Waals surface area contributed by atoms with E-state index in [4.69, 9.17) is 16.3 Å². The van der Waals surface area contributed by atoms with E-state index in [-0.39, 0.29) is 5.56 Å². The summed E-state index contributed by atoms with van der Waals surface area (Å²) in [5.74, 6) is 0.560. The number of imidazole rings is 1. The highest BCUT2D eigenvalue weighted by atomic mass is 35.5. The summed E-state index contributed by atoms with van der Waals surface area (Å²) in [6.45, 7) is 7.33. The van der Waals surface area contributed by atoms with Crippen molar-refractivity contribution in [1.29, 1.82) is 0 Å². The van der Waals surface area contributed by atoms with E-state index < -0.39 is 5.69 Å². The summed E-state index contributed by atoms with van der Waals surface area (Å²) in [6, 6.07) is 0. The first kappa shape index (κ1) is 20.6. The smallest absolute Gasteiger partial charge is 0.332 e. The molecule has 1 aliphatic heterocycles. The van der Waals surface area contributed by atoms with Gasteiger partial charge < -0.3 is 14.6 Å². The topological polar surface area (TPSA) is 86.3 Å². The quantitative estimate of drug-likeness (QED) is 0.676. The summed E-state index contributed by atoms with van der Waals surface area (Å²) < 4.78 is 9.63. The molecular weight excluding hydrogens is 384 g/mol. The highest BCUT2D eigenvalue weighted by Gasteiger charge is 2.18. The lowest BCUT2D eigenvalue weighted by Crippen LogP contribution is -2.37. The zero-order valence-corrected chi connectivity index (χ0v) is 17.3. The average Bonchev–Trinajstić information content (AvgIpc) is 3.05. The Balaban J connectivity index is 1.85. The molecule has 0 aliphatic carbocycles. The van der Waals surface area contributed by atoms with Crippen molar-refractivity contribution in [2.75, 3.05) is 44.7 Å². The van der Waals surface area contributed by atoms with Crippen LogP contribution in [0.5, 0.6) is 0 Å². The maximum Gasteiger partial charge on any atom is 0.332 e. The zero-order valence-electron chi connectivity index (χ0n) is 16.6. The number of nitrogens with one attached hydrogen (secondary N) is 1. The number of fused-ring (bicyclic) bond motifs is 1. The normalized spacial score (nSPS) is 16.1. The SMILES string of the molecule is CC(Cl)=CCn1c(NCCCN2CCOCC2)nc2c1c(=O)n(C)c(=O)n2C. The van der Waals surface area contributed by atoms with Crippen LogP contribution in [0.4, 0.5) is 5.95 Å². The first-order valence-corrected chi connectivity index (χ1v) is 9.80. The van der Waals surface area contributed by atoms with Gasteiger partial charge in [-0.05, 0) is 19.9 Å². The fourth-order valence-electron chi connectivity index (χ4n) is 3.30. The molecule has 0 amide bonds. The van der Waals surface area contributed by atoms with E-state index >= 15 is 0 Å². The summed E-state index contributed by atoms with van der Waals surface area (Å²) in [5.41, 5.74) is -0.0171. The molecule has 0 atom stereocenters. The molecule has 2 aromatic heterocycles. The minimum Gasteiger partial charge on any atom is -0.379 e. The Labute approximate surface area is 168 Å². The Bertz CT molecular complexity index is 980. The molecule has 0 unspecified atom stereocenters. The van der Waals surface area contributed by atoms with Gasteiger partial charge in [-0.15, -0.1) is 0 Å². The number of anilines is 1. The number of rotatable bonds is 7. The monoisotopic (exact) mass is 410 g/mol. The largest absolute Gasteiger partial charge is 0.379 e. The summed E-state index contributed by atoms with van der Waals surface area (Å²) in [5, 5.41) is 3.94. The predicted octanol–water partition coefficient (Wildman–Crippen LogP) is 0.711. The molecule has 2 aromatic rings. The maximum atomic E-state index is 12.7. The first-order chi connectivity index (χ1) is 13.4. The van der Waals surface area contributed by atoms with Crippen molar-refractivity contribution in [1.82, 2.24) is 23.6 Å². The number of aromatic nitrogens is 4. The second kappa shape index (κ2) is 8.93. The van der Waals surface area contributed by atoms with Gasteiger partial charge in [-0.2, -0.15) is 4.98 Å². The number of hydrogen-bond donors (Lipinski definition) is 1. The van der Waals surface area contributed by atoms with Crippen molar-refractivity contribution in [3.05, 3.63) is 31.9 Å². The summed E-state index contributed by atoms with van der Waals surface area (Å²) in [7, 11) is 3.09. The van der Waals surface area contributed by atoms with Crippen LogP contribution in [0.2, 0.25) is 0 Å². The van der Waals surface area contributed by atoms with Crippen molar-refractivity contribution in [3.63, 3.8) is 0 Å². The molecule has 1 N–H and O–H groups in total. The molecule has 1 saturated heterocycles. The number of aryl methyl sites for hydroxylation is 1. The van der Waals surface area contributed by atoms with Crippen LogP contribution in [0.3, 0.4) is 0 Å². The summed E-state index contributed by atoms with van der Waals surface area (Å²) >= 11 is 5.99. The highest BCUT2D eigenvalue weighted by Crippen LogP contribution is 2.16. The average molecular weight is 411 g/mol. The fourth-order valence-corrected chi connectivity index (χ4v) is 3.37. The van der Waals surface area contributed by atoms with E-state index in [9.17, 15) is 9.59 Å². The van der Waals surface area contributed by atoms with Crippen LogP contribution in [-0.2, 0) is 25.4 Å². The first-order valence-electron chi connectivity index (χ1n) is 9.42. The molecule has 0 aromatic carbocycles. The van der Waals surface area contributed by atoms with Crippen LogP contribution in [0.25, 0.3) is 11.2 Å². The third-order valence-corrected chi connectivity index (χ3v) is 5.10. The van der Waals surface area contributed by atoms with Crippen molar-refractivity contribution >= 4 is 28.7 Å². The molecule has 9 nitrogen and oxygen atoms in total. The maximum absolute atomic E-state index is 12.7. The number of ether oxygens (including phenoxy) is 1. The van der Waals surface area contributed by atoms with Crippen LogP contribution in [0.1, 0.15) is 13.3 Å². The van der Waals surface area contributed by atoms with Crippen molar-refractivity contribution in [3.8, 4) is 0 Å². The van der Waals surface area contributed by atoms with Crippen LogP contribution in [0, 0.1) is 0 Å². The number of halogens is 1. The van der Waals surface area contributed by atoms with Gasteiger partial charge in [0.1, 0.15) is 0 Å². The van der Waals surface area contributed by atoms with Gasteiger partial charge in [0.15, 0.2) is 11.2 Å². The molecule has 154 valence electrons. The molecule has 0 bridgehead atoms.